The van der Waals surface area contributed by atoms with E-state index in [1.807, 2.05) is 18.6 Å². The summed E-state index contributed by atoms with van der Waals surface area (Å²) in [6.45, 7) is 2.72. The van der Waals surface area contributed by atoms with Crippen LogP contribution >= 0.6 is 0 Å². The number of nitrogens with one attached hydrogen (secondary N) is 1. The number of hydrogen-bond donors (Lipinski definition) is 1. The largest absolute Gasteiger partial charge is 0.350 e. The summed E-state index contributed by atoms with van der Waals surface area (Å²) in [4.78, 5) is 18.9. The van der Waals surface area contributed by atoms with Crippen molar-refractivity contribution < 1.29 is 0 Å². The molecule has 0 unspecified atom stereocenters. The molecular formula is C20H20N6. The van der Waals surface area contributed by atoms with E-state index in [1.165, 1.54) is 11.3 Å². The highest BCUT2D eigenvalue weighted by Gasteiger charge is 2.23. The van der Waals surface area contributed by atoms with Gasteiger partial charge in [-0.1, -0.05) is 30.3 Å². The standard InChI is InChI=1S/C20H20N6/c1-2-4-15(5-3-1)7-10-26-14-24-17-12-25(11-8-18(17)26)20-16-6-9-21-19(16)22-13-23-20/h1-6,9,13-14H,7-8,10-12H2,(H,21,22,23). The van der Waals surface area contributed by atoms with Crippen molar-refractivity contribution in [2.75, 3.05) is 11.4 Å². The molecule has 4 aromatic rings. The Hall–Kier alpha value is -3.15. The zero-order valence-electron chi connectivity index (χ0n) is 14.5. The first kappa shape index (κ1) is 15.1. The molecule has 0 radical (unpaired) electrons. The number of benzene rings is 1. The quantitative estimate of drug-likeness (QED) is 0.618. The van der Waals surface area contributed by atoms with Gasteiger partial charge in [0.25, 0.3) is 0 Å². The second-order valence-corrected chi connectivity index (χ2v) is 6.68. The number of nitrogens with zero attached hydrogens (tertiary/aromatic N) is 5. The Morgan fingerprint density at radius 2 is 1.96 bits per heavy atom. The number of H-pyrrole nitrogens is 1. The molecule has 130 valence electrons. The van der Waals surface area contributed by atoms with Gasteiger partial charge in [0.1, 0.15) is 17.8 Å². The third kappa shape index (κ3) is 2.63. The number of rotatable bonds is 4. The summed E-state index contributed by atoms with van der Waals surface area (Å²) in [5.74, 6) is 0.987. The van der Waals surface area contributed by atoms with E-state index in [0.29, 0.717) is 0 Å². The van der Waals surface area contributed by atoms with E-state index in [4.69, 9.17) is 0 Å². The number of fused-ring (bicyclic) bond motifs is 2. The Balaban J connectivity index is 1.36. The molecule has 0 spiro atoms. The molecule has 6 nitrogen and oxygen atoms in total. The topological polar surface area (TPSA) is 62.6 Å². The van der Waals surface area contributed by atoms with Crippen molar-refractivity contribution in [3.05, 3.63) is 72.2 Å². The van der Waals surface area contributed by atoms with Crippen molar-refractivity contribution in [2.45, 2.75) is 25.9 Å². The van der Waals surface area contributed by atoms with Gasteiger partial charge in [-0.2, -0.15) is 0 Å². The van der Waals surface area contributed by atoms with Crippen LogP contribution in [0.25, 0.3) is 11.0 Å². The van der Waals surface area contributed by atoms with Crippen molar-refractivity contribution in [2.24, 2.45) is 0 Å². The van der Waals surface area contributed by atoms with E-state index in [-0.39, 0.29) is 0 Å². The molecule has 0 amide bonds. The summed E-state index contributed by atoms with van der Waals surface area (Å²) in [6, 6.07) is 12.7. The average Bonchev–Trinajstić information content (AvgIpc) is 3.33. The summed E-state index contributed by atoms with van der Waals surface area (Å²) >= 11 is 0. The van der Waals surface area contributed by atoms with Gasteiger partial charge in [-0.3, -0.25) is 0 Å². The maximum atomic E-state index is 4.68. The molecule has 0 saturated carbocycles. The lowest BCUT2D eigenvalue weighted by Crippen LogP contribution is -2.32. The molecule has 0 aliphatic carbocycles. The van der Waals surface area contributed by atoms with Gasteiger partial charge >= 0.3 is 0 Å². The number of hydrogen-bond acceptors (Lipinski definition) is 4. The SMILES string of the molecule is c1ccc(CCn2cnc3c2CCN(c2ncnc4[nH]ccc24)C3)cc1. The fraction of sp³-hybridized carbons (Fsp3) is 0.250. The molecule has 1 aliphatic rings. The predicted molar refractivity (Wildman–Crippen MR) is 101 cm³/mol. The fourth-order valence-electron chi connectivity index (χ4n) is 3.75. The van der Waals surface area contributed by atoms with Crippen molar-refractivity contribution in [1.29, 1.82) is 0 Å². The van der Waals surface area contributed by atoms with Crippen LogP contribution in [-0.4, -0.2) is 31.0 Å². The highest BCUT2D eigenvalue weighted by molar-refractivity contribution is 5.87. The van der Waals surface area contributed by atoms with Crippen molar-refractivity contribution >= 4 is 16.9 Å². The van der Waals surface area contributed by atoms with Crippen LogP contribution in [-0.2, 0) is 25.9 Å². The maximum absolute atomic E-state index is 4.68. The van der Waals surface area contributed by atoms with Gasteiger partial charge in [-0.05, 0) is 18.1 Å². The summed E-state index contributed by atoms with van der Waals surface area (Å²) in [5.41, 5.74) is 4.76. The number of aryl methyl sites for hydroxylation is 2. The predicted octanol–water partition coefficient (Wildman–Crippen LogP) is 2.96. The van der Waals surface area contributed by atoms with Crippen molar-refractivity contribution in [1.82, 2.24) is 24.5 Å². The summed E-state index contributed by atoms with van der Waals surface area (Å²) in [7, 11) is 0. The lowest BCUT2D eigenvalue weighted by Gasteiger charge is -2.28. The van der Waals surface area contributed by atoms with Crippen LogP contribution < -0.4 is 4.90 Å². The Kier molecular flexibility index (Phi) is 3.66. The minimum absolute atomic E-state index is 0.797. The second kappa shape index (κ2) is 6.29. The van der Waals surface area contributed by atoms with Crippen molar-refractivity contribution in [3.63, 3.8) is 0 Å². The van der Waals surface area contributed by atoms with Gasteiger partial charge in [0.2, 0.25) is 0 Å². The van der Waals surface area contributed by atoms with Gasteiger partial charge < -0.3 is 14.5 Å². The van der Waals surface area contributed by atoms with Gasteiger partial charge in [-0.15, -0.1) is 0 Å². The molecule has 0 fully saturated rings. The van der Waals surface area contributed by atoms with Crippen LogP contribution in [0, 0.1) is 0 Å². The van der Waals surface area contributed by atoms with Gasteiger partial charge in [0.05, 0.1) is 24.0 Å². The molecule has 0 bridgehead atoms. The summed E-state index contributed by atoms with van der Waals surface area (Å²) in [6.07, 6.45) is 7.55. The molecule has 6 heteroatoms. The van der Waals surface area contributed by atoms with Crippen LogP contribution in [0.4, 0.5) is 5.82 Å². The molecule has 1 aromatic carbocycles. The Morgan fingerprint density at radius 3 is 2.88 bits per heavy atom. The normalized spacial score (nSPS) is 13.9. The lowest BCUT2D eigenvalue weighted by molar-refractivity contribution is 0.623. The molecule has 1 N–H and O–H groups in total. The zero-order valence-corrected chi connectivity index (χ0v) is 14.5. The first-order valence-electron chi connectivity index (χ1n) is 8.98. The molecule has 4 heterocycles. The van der Waals surface area contributed by atoms with E-state index in [2.05, 4.69) is 59.7 Å². The van der Waals surface area contributed by atoms with Crippen LogP contribution in [0.3, 0.4) is 0 Å². The maximum Gasteiger partial charge on any atom is 0.142 e. The highest BCUT2D eigenvalue weighted by Crippen LogP contribution is 2.27. The molecule has 1 aliphatic heterocycles. The zero-order chi connectivity index (χ0) is 17.3. The molecule has 0 atom stereocenters. The number of imidazole rings is 1. The van der Waals surface area contributed by atoms with Crippen LogP contribution in [0.1, 0.15) is 17.0 Å². The van der Waals surface area contributed by atoms with E-state index >= 15 is 0 Å². The summed E-state index contributed by atoms with van der Waals surface area (Å²) < 4.78 is 2.31. The average molecular weight is 344 g/mol. The number of aromatic nitrogens is 5. The number of aromatic amines is 1. The Morgan fingerprint density at radius 1 is 1.04 bits per heavy atom. The highest BCUT2D eigenvalue weighted by atomic mass is 15.2. The first-order chi connectivity index (χ1) is 12.9. The van der Waals surface area contributed by atoms with E-state index in [1.54, 1.807) is 6.33 Å². The van der Waals surface area contributed by atoms with Crippen LogP contribution in [0.5, 0.6) is 0 Å². The minimum atomic E-state index is 0.797. The smallest absolute Gasteiger partial charge is 0.142 e. The second-order valence-electron chi connectivity index (χ2n) is 6.68. The van der Waals surface area contributed by atoms with Crippen LogP contribution in [0.15, 0.2) is 55.2 Å². The molecule has 3 aromatic heterocycles. The molecule has 26 heavy (non-hydrogen) atoms. The monoisotopic (exact) mass is 344 g/mol. The van der Waals surface area contributed by atoms with E-state index < -0.39 is 0 Å². The molecule has 0 saturated heterocycles. The third-order valence-electron chi connectivity index (χ3n) is 5.11. The van der Waals surface area contributed by atoms with Crippen LogP contribution in [0.2, 0.25) is 0 Å². The molecule has 5 rings (SSSR count). The van der Waals surface area contributed by atoms with E-state index in [0.717, 1.165) is 55.0 Å². The van der Waals surface area contributed by atoms with Crippen molar-refractivity contribution in [3.8, 4) is 0 Å². The van der Waals surface area contributed by atoms with Gasteiger partial charge in [0.15, 0.2) is 0 Å². The fourth-order valence-corrected chi connectivity index (χ4v) is 3.75. The Bertz CT molecular complexity index is 1030. The van der Waals surface area contributed by atoms with E-state index in [9.17, 15) is 0 Å². The Labute approximate surface area is 151 Å². The van der Waals surface area contributed by atoms with Gasteiger partial charge in [0, 0.05) is 31.4 Å². The minimum Gasteiger partial charge on any atom is -0.350 e. The third-order valence-corrected chi connectivity index (χ3v) is 5.11. The lowest BCUT2D eigenvalue weighted by atomic mass is 10.1. The molecular weight excluding hydrogens is 324 g/mol. The van der Waals surface area contributed by atoms with Gasteiger partial charge in [-0.25, -0.2) is 15.0 Å². The summed E-state index contributed by atoms with van der Waals surface area (Å²) in [5, 5.41) is 1.07. The first-order valence-corrected chi connectivity index (χ1v) is 8.98. The number of anilines is 1.